The molecule has 0 aliphatic carbocycles. The highest BCUT2D eigenvalue weighted by molar-refractivity contribution is 7.90. The van der Waals surface area contributed by atoms with E-state index in [1.165, 1.54) is 11.1 Å². The van der Waals surface area contributed by atoms with Gasteiger partial charge >= 0.3 is 0 Å². The lowest BCUT2D eigenvalue weighted by Crippen LogP contribution is -2.31. The van der Waals surface area contributed by atoms with Crippen LogP contribution >= 0.6 is 0 Å². The minimum absolute atomic E-state index is 0.0879. The van der Waals surface area contributed by atoms with E-state index in [4.69, 9.17) is 0 Å². The molecular formula is C20H23N5O2S. The molecule has 0 atom stereocenters. The summed E-state index contributed by atoms with van der Waals surface area (Å²) in [6.45, 7) is 6.48. The van der Waals surface area contributed by atoms with Crippen LogP contribution in [-0.2, 0) is 29.3 Å². The predicted molar refractivity (Wildman–Crippen MR) is 106 cm³/mol. The number of rotatable bonds is 4. The van der Waals surface area contributed by atoms with Gasteiger partial charge in [0.1, 0.15) is 0 Å². The van der Waals surface area contributed by atoms with E-state index in [0.29, 0.717) is 13.0 Å². The van der Waals surface area contributed by atoms with Gasteiger partial charge < -0.3 is 0 Å². The van der Waals surface area contributed by atoms with Crippen molar-refractivity contribution in [2.45, 2.75) is 38.5 Å². The number of aryl methyl sites for hydroxylation is 1. The van der Waals surface area contributed by atoms with Crippen LogP contribution in [0.25, 0.3) is 5.69 Å². The molecule has 2 aromatic heterocycles. The maximum atomic E-state index is 11.7. The summed E-state index contributed by atoms with van der Waals surface area (Å²) in [4.78, 5) is 10.6. The molecule has 8 heteroatoms. The van der Waals surface area contributed by atoms with Crippen LogP contribution in [0.3, 0.4) is 0 Å². The van der Waals surface area contributed by atoms with Crippen molar-refractivity contribution in [3.05, 3.63) is 64.7 Å². The van der Waals surface area contributed by atoms with Crippen molar-refractivity contribution in [3.8, 4) is 5.69 Å². The smallest absolute Gasteiger partial charge is 0.246 e. The van der Waals surface area contributed by atoms with Gasteiger partial charge in [-0.05, 0) is 25.5 Å². The quantitative estimate of drug-likeness (QED) is 0.628. The Bertz CT molecular complexity index is 1140. The summed E-state index contributed by atoms with van der Waals surface area (Å²) in [5, 5.41) is 4.51. The molecular weight excluding hydrogens is 374 g/mol. The minimum atomic E-state index is -3.38. The van der Waals surface area contributed by atoms with Gasteiger partial charge in [-0.15, -0.1) is 0 Å². The van der Waals surface area contributed by atoms with Crippen LogP contribution in [0.5, 0.6) is 0 Å². The average Bonchev–Trinajstić information content (AvgIpc) is 3.01. The van der Waals surface area contributed by atoms with Crippen molar-refractivity contribution in [3.63, 3.8) is 0 Å². The van der Waals surface area contributed by atoms with Gasteiger partial charge in [0.15, 0.2) is 0 Å². The van der Waals surface area contributed by atoms with Crippen molar-refractivity contribution >= 4 is 9.84 Å². The van der Waals surface area contributed by atoms with E-state index < -0.39 is 9.84 Å². The highest BCUT2D eigenvalue weighted by atomic mass is 32.2. The average molecular weight is 398 g/mol. The Morgan fingerprint density at radius 3 is 2.68 bits per heavy atom. The molecule has 0 radical (unpaired) electrons. The van der Waals surface area contributed by atoms with E-state index in [2.05, 4.69) is 45.9 Å². The first-order valence-electron chi connectivity index (χ1n) is 9.19. The maximum absolute atomic E-state index is 11.7. The molecule has 0 saturated carbocycles. The molecule has 28 heavy (non-hydrogen) atoms. The van der Waals surface area contributed by atoms with Gasteiger partial charge in [0.25, 0.3) is 0 Å². The highest BCUT2D eigenvalue weighted by Crippen LogP contribution is 2.22. The second-order valence-electron chi connectivity index (χ2n) is 7.31. The van der Waals surface area contributed by atoms with Crippen molar-refractivity contribution in [1.82, 2.24) is 24.6 Å². The molecule has 3 heterocycles. The van der Waals surface area contributed by atoms with Crippen molar-refractivity contribution in [1.29, 1.82) is 0 Å². The summed E-state index contributed by atoms with van der Waals surface area (Å²) in [5.74, 6) is 0. The van der Waals surface area contributed by atoms with Crippen LogP contribution < -0.4 is 0 Å². The molecule has 1 aliphatic heterocycles. The lowest BCUT2D eigenvalue weighted by molar-refractivity contribution is 0.241. The molecule has 0 bridgehead atoms. The monoisotopic (exact) mass is 397 g/mol. The molecule has 0 N–H and O–H groups in total. The Hall–Kier alpha value is -2.58. The first-order valence-corrected chi connectivity index (χ1v) is 11.1. The lowest BCUT2D eigenvalue weighted by Gasteiger charge is -2.27. The van der Waals surface area contributed by atoms with Crippen LogP contribution in [0.2, 0.25) is 0 Å². The standard InChI is InChI=1S/C20H23N5O2S/c1-14-6-4-5-7-19(14)25-15(2)16(11-22-25)12-24-9-8-18-17(13-24)10-21-20(23-18)28(3,26)27/h4-7,10-11H,8-9,12-13H2,1-3H3. The predicted octanol–water partition coefficient (Wildman–Crippen LogP) is 2.24. The molecule has 3 aromatic rings. The number of fused-ring (bicyclic) bond motifs is 1. The van der Waals surface area contributed by atoms with Crippen LogP contribution in [0.15, 0.2) is 41.8 Å². The fourth-order valence-electron chi connectivity index (χ4n) is 3.55. The summed E-state index contributed by atoms with van der Waals surface area (Å²) < 4.78 is 25.3. The molecule has 0 spiro atoms. The lowest BCUT2D eigenvalue weighted by atomic mass is 10.1. The third-order valence-corrected chi connectivity index (χ3v) is 6.03. The summed E-state index contributed by atoms with van der Waals surface area (Å²) in [7, 11) is -3.38. The highest BCUT2D eigenvalue weighted by Gasteiger charge is 2.22. The molecule has 146 valence electrons. The van der Waals surface area contributed by atoms with Gasteiger partial charge in [-0.3, -0.25) is 4.90 Å². The van der Waals surface area contributed by atoms with E-state index in [1.807, 2.05) is 23.0 Å². The fraction of sp³-hybridized carbons (Fsp3) is 0.350. The maximum Gasteiger partial charge on any atom is 0.246 e. The summed E-state index contributed by atoms with van der Waals surface area (Å²) in [6, 6.07) is 8.21. The van der Waals surface area contributed by atoms with Crippen LogP contribution in [0, 0.1) is 13.8 Å². The van der Waals surface area contributed by atoms with Gasteiger partial charge in [-0.25, -0.2) is 23.1 Å². The van der Waals surface area contributed by atoms with Gasteiger partial charge in [0.2, 0.25) is 15.0 Å². The topological polar surface area (TPSA) is 81.0 Å². The molecule has 4 rings (SSSR count). The number of hydrogen-bond donors (Lipinski definition) is 0. The zero-order chi connectivity index (χ0) is 19.9. The molecule has 7 nitrogen and oxygen atoms in total. The Morgan fingerprint density at radius 2 is 1.93 bits per heavy atom. The molecule has 0 fully saturated rings. The van der Waals surface area contributed by atoms with E-state index in [0.717, 1.165) is 42.0 Å². The Morgan fingerprint density at radius 1 is 1.14 bits per heavy atom. The van der Waals surface area contributed by atoms with Crippen LogP contribution in [0.4, 0.5) is 0 Å². The largest absolute Gasteiger partial charge is 0.294 e. The molecule has 1 aromatic carbocycles. The molecule has 0 unspecified atom stereocenters. The third kappa shape index (κ3) is 3.57. The van der Waals surface area contributed by atoms with E-state index in [1.54, 1.807) is 6.20 Å². The Labute approximate surface area is 165 Å². The second-order valence-corrected chi connectivity index (χ2v) is 9.22. The van der Waals surface area contributed by atoms with Crippen molar-refractivity contribution in [2.75, 3.05) is 12.8 Å². The van der Waals surface area contributed by atoms with E-state index >= 15 is 0 Å². The summed E-state index contributed by atoms with van der Waals surface area (Å²) in [5.41, 5.74) is 6.41. The number of sulfone groups is 1. The summed E-state index contributed by atoms with van der Waals surface area (Å²) in [6.07, 6.45) is 5.43. The number of nitrogens with zero attached hydrogens (tertiary/aromatic N) is 5. The van der Waals surface area contributed by atoms with Gasteiger partial charge in [0, 0.05) is 55.3 Å². The molecule has 1 aliphatic rings. The Balaban J connectivity index is 1.53. The van der Waals surface area contributed by atoms with Crippen LogP contribution in [-0.4, -0.2) is 45.9 Å². The molecule has 0 saturated heterocycles. The van der Waals surface area contributed by atoms with E-state index in [-0.39, 0.29) is 5.16 Å². The first-order chi connectivity index (χ1) is 13.3. The minimum Gasteiger partial charge on any atom is -0.294 e. The van der Waals surface area contributed by atoms with E-state index in [9.17, 15) is 8.42 Å². The van der Waals surface area contributed by atoms with Gasteiger partial charge in [-0.2, -0.15) is 5.10 Å². The number of para-hydroxylation sites is 1. The van der Waals surface area contributed by atoms with Gasteiger partial charge in [0.05, 0.1) is 17.6 Å². The second kappa shape index (κ2) is 7.10. The molecule has 0 amide bonds. The number of aromatic nitrogens is 4. The number of benzene rings is 1. The normalized spacial score (nSPS) is 14.8. The zero-order valence-electron chi connectivity index (χ0n) is 16.3. The third-order valence-electron chi connectivity index (χ3n) is 5.17. The number of hydrogen-bond acceptors (Lipinski definition) is 6. The first kappa shape index (κ1) is 18.8. The van der Waals surface area contributed by atoms with Crippen LogP contribution in [0.1, 0.15) is 28.1 Å². The fourth-order valence-corrected chi connectivity index (χ4v) is 4.07. The Kier molecular flexibility index (Phi) is 4.76. The SMILES string of the molecule is Cc1ccccc1-n1ncc(CN2CCc3nc(S(C)(=O)=O)ncc3C2)c1C. The van der Waals surface area contributed by atoms with Gasteiger partial charge in [-0.1, -0.05) is 18.2 Å². The zero-order valence-corrected chi connectivity index (χ0v) is 17.1. The van der Waals surface area contributed by atoms with Crippen molar-refractivity contribution < 1.29 is 8.42 Å². The summed E-state index contributed by atoms with van der Waals surface area (Å²) >= 11 is 0. The van der Waals surface area contributed by atoms with Crippen molar-refractivity contribution in [2.24, 2.45) is 0 Å².